The quantitative estimate of drug-likeness (QED) is 0.568. The third kappa shape index (κ3) is 2.71. The lowest BCUT2D eigenvalue weighted by Crippen LogP contribution is -2.09. The van der Waals surface area contributed by atoms with Crippen molar-refractivity contribution in [1.29, 1.82) is 0 Å². The number of fused-ring (bicyclic) bond motifs is 2. The SMILES string of the molecule is CNc1nc(N)c2c(-c3ccc4nc(C)n(CC(F)F)c4n3)c(F)cn2n1. The maximum Gasteiger partial charge on any atom is 0.256 e. The van der Waals surface area contributed by atoms with E-state index in [1.165, 1.54) is 9.08 Å². The van der Waals surface area contributed by atoms with Gasteiger partial charge in [0.05, 0.1) is 24.0 Å². The van der Waals surface area contributed by atoms with Crippen LogP contribution in [-0.4, -0.2) is 42.6 Å². The molecule has 8 nitrogen and oxygen atoms in total. The minimum atomic E-state index is -2.57. The van der Waals surface area contributed by atoms with E-state index in [9.17, 15) is 13.2 Å². The number of nitrogens with one attached hydrogen (secondary N) is 1. The fourth-order valence-electron chi connectivity index (χ4n) is 3.04. The molecule has 0 aromatic carbocycles. The monoisotopic (exact) mass is 376 g/mol. The predicted octanol–water partition coefficient (Wildman–Crippen LogP) is 2.48. The van der Waals surface area contributed by atoms with Crippen LogP contribution in [0.1, 0.15) is 5.82 Å². The molecular formula is C16H15F3N8. The Morgan fingerprint density at radius 3 is 2.70 bits per heavy atom. The lowest BCUT2D eigenvalue weighted by Gasteiger charge is -2.07. The summed E-state index contributed by atoms with van der Waals surface area (Å²) in [5, 5.41) is 6.85. The van der Waals surface area contributed by atoms with Gasteiger partial charge in [-0.2, -0.15) is 4.98 Å². The molecule has 4 aromatic heterocycles. The molecule has 140 valence electrons. The zero-order valence-corrected chi connectivity index (χ0v) is 14.4. The molecule has 4 rings (SSSR count). The van der Waals surface area contributed by atoms with Crippen molar-refractivity contribution in [3.8, 4) is 11.3 Å². The minimum Gasteiger partial charge on any atom is -0.382 e. The highest BCUT2D eigenvalue weighted by Gasteiger charge is 2.21. The van der Waals surface area contributed by atoms with E-state index < -0.39 is 18.8 Å². The third-order valence-electron chi connectivity index (χ3n) is 4.20. The first-order valence-electron chi connectivity index (χ1n) is 8.03. The number of nitrogens with two attached hydrogens (primary N) is 1. The molecule has 0 saturated carbocycles. The van der Waals surface area contributed by atoms with Gasteiger partial charge in [0.1, 0.15) is 16.9 Å². The van der Waals surface area contributed by atoms with Crippen LogP contribution in [0.15, 0.2) is 18.3 Å². The van der Waals surface area contributed by atoms with Crippen LogP contribution in [0, 0.1) is 12.7 Å². The average Bonchev–Trinajstić information content (AvgIpc) is 3.10. The Bertz CT molecular complexity index is 1160. The number of aryl methyl sites for hydroxylation is 1. The summed E-state index contributed by atoms with van der Waals surface area (Å²) in [6, 6.07) is 3.17. The number of pyridine rings is 1. The number of nitrogen functional groups attached to an aromatic ring is 1. The summed E-state index contributed by atoms with van der Waals surface area (Å²) in [6.07, 6.45) is -1.40. The Kier molecular flexibility index (Phi) is 3.86. The fourth-order valence-corrected chi connectivity index (χ4v) is 3.04. The molecule has 4 aromatic rings. The van der Waals surface area contributed by atoms with Gasteiger partial charge in [-0.05, 0) is 19.1 Å². The lowest BCUT2D eigenvalue weighted by atomic mass is 10.1. The van der Waals surface area contributed by atoms with Crippen molar-refractivity contribution in [3.05, 3.63) is 30.0 Å². The van der Waals surface area contributed by atoms with Crippen molar-refractivity contribution in [1.82, 2.24) is 29.1 Å². The van der Waals surface area contributed by atoms with Gasteiger partial charge in [-0.1, -0.05) is 0 Å². The number of hydrogen-bond acceptors (Lipinski definition) is 6. The van der Waals surface area contributed by atoms with Gasteiger partial charge in [0.25, 0.3) is 6.43 Å². The molecule has 0 spiro atoms. The number of alkyl halides is 2. The van der Waals surface area contributed by atoms with E-state index in [4.69, 9.17) is 5.73 Å². The highest BCUT2D eigenvalue weighted by molar-refractivity contribution is 5.89. The average molecular weight is 376 g/mol. The molecule has 11 heteroatoms. The Hall–Kier alpha value is -3.37. The van der Waals surface area contributed by atoms with Gasteiger partial charge >= 0.3 is 0 Å². The Labute approximate surface area is 150 Å². The molecule has 0 saturated heterocycles. The molecule has 0 bridgehead atoms. The molecule has 0 aliphatic heterocycles. The lowest BCUT2D eigenvalue weighted by molar-refractivity contribution is 0.127. The number of imidazole rings is 1. The first kappa shape index (κ1) is 17.1. The van der Waals surface area contributed by atoms with E-state index in [-0.39, 0.29) is 34.2 Å². The van der Waals surface area contributed by atoms with E-state index >= 15 is 0 Å². The highest BCUT2D eigenvalue weighted by Crippen LogP contribution is 2.32. The van der Waals surface area contributed by atoms with Crippen LogP contribution in [0.3, 0.4) is 0 Å². The van der Waals surface area contributed by atoms with E-state index in [1.807, 2.05) is 0 Å². The second kappa shape index (κ2) is 6.11. The van der Waals surface area contributed by atoms with E-state index in [1.54, 1.807) is 26.1 Å². The molecule has 27 heavy (non-hydrogen) atoms. The summed E-state index contributed by atoms with van der Waals surface area (Å²) >= 11 is 0. The van der Waals surface area contributed by atoms with E-state index in [2.05, 4.69) is 25.4 Å². The molecule has 0 unspecified atom stereocenters. The molecule has 0 radical (unpaired) electrons. The summed E-state index contributed by atoms with van der Waals surface area (Å²) in [4.78, 5) is 12.7. The summed E-state index contributed by atoms with van der Waals surface area (Å²) in [6.45, 7) is 1.07. The molecule has 3 N–H and O–H groups in total. The number of nitrogens with zero attached hydrogens (tertiary/aromatic N) is 6. The van der Waals surface area contributed by atoms with Crippen LogP contribution >= 0.6 is 0 Å². The summed E-state index contributed by atoms with van der Waals surface area (Å²) in [5.74, 6) is 0.0921. The zero-order chi connectivity index (χ0) is 19.3. The Morgan fingerprint density at radius 1 is 1.22 bits per heavy atom. The van der Waals surface area contributed by atoms with Crippen molar-refractivity contribution in [2.75, 3.05) is 18.1 Å². The zero-order valence-electron chi connectivity index (χ0n) is 14.4. The van der Waals surface area contributed by atoms with E-state index in [0.717, 1.165) is 6.20 Å². The maximum atomic E-state index is 14.7. The molecule has 0 amide bonds. The molecular weight excluding hydrogens is 361 g/mol. The van der Waals surface area contributed by atoms with Crippen molar-refractivity contribution in [2.24, 2.45) is 0 Å². The molecule has 0 aliphatic rings. The summed E-state index contributed by atoms with van der Waals surface area (Å²) in [7, 11) is 1.61. The Balaban J connectivity index is 1.96. The van der Waals surface area contributed by atoms with Crippen molar-refractivity contribution in [3.63, 3.8) is 0 Å². The number of rotatable bonds is 4. The molecule has 4 heterocycles. The van der Waals surface area contributed by atoms with Gasteiger partial charge in [0.15, 0.2) is 17.3 Å². The first-order chi connectivity index (χ1) is 12.9. The molecule has 0 aliphatic carbocycles. The van der Waals surface area contributed by atoms with Gasteiger partial charge in [-0.25, -0.2) is 27.7 Å². The number of halogens is 3. The van der Waals surface area contributed by atoms with Crippen LogP contribution < -0.4 is 11.1 Å². The van der Waals surface area contributed by atoms with Crippen LogP contribution in [-0.2, 0) is 6.54 Å². The van der Waals surface area contributed by atoms with Gasteiger partial charge in [-0.3, -0.25) is 0 Å². The second-order valence-electron chi connectivity index (χ2n) is 5.92. The largest absolute Gasteiger partial charge is 0.382 e. The van der Waals surface area contributed by atoms with Crippen molar-refractivity contribution in [2.45, 2.75) is 19.9 Å². The van der Waals surface area contributed by atoms with Crippen LogP contribution in [0.2, 0.25) is 0 Å². The van der Waals surface area contributed by atoms with Gasteiger partial charge in [0.2, 0.25) is 5.95 Å². The van der Waals surface area contributed by atoms with Gasteiger partial charge in [-0.15, -0.1) is 5.10 Å². The van der Waals surface area contributed by atoms with E-state index in [0.29, 0.717) is 11.3 Å². The van der Waals surface area contributed by atoms with Crippen LogP contribution in [0.5, 0.6) is 0 Å². The van der Waals surface area contributed by atoms with Gasteiger partial charge in [0, 0.05) is 7.05 Å². The standard InChI is InChI=1S/C16H15F3N8/c1-7-22-10-4-3-9(23-15(10)26(7)6-11(18)19)12-8(17)5-27-13(12)14(20)24-16(21-2)25-27/h3-5,11H,6H2,1-2H3,(H3,20,21,24,25). The highest BCUT2D eigenvalue weighted by atomic mass is 19.3. The van der Waals surface area contributed by atoms with Crippen molar-refractivity contribution >= 4 is 28.4 Å². The van der Waals surface area contributed by atoms with Crippen LogP contribution in [0.25, 0.3) is 27.9 Å². The van der Waals surface area contributed by atoms with Crippen LogP contribution in [0.4, 0.5) is 24.9 Å². The van der Waals surface area contributed by atoms with Gasteiger partial charge < -0.3 is 15.6 Å². The number of anilines is 2. The number of aromatic nitrogens is 6. The Morgan fingerprint density at radius 2 is 2.00 bits per heavy atom. The molecule has 0 atom stereocenters. The maximum absolute atomic E-state index is 14.7. The second-order valence-corrected chi connectivity index (χ2v) is 5.92. The minimum absolute atomic E-state index is 0.0624. The summed E-state index contributed by atoms with van der Waals surface area (Å²) in [5.41, 5.74) is 7.24. The topological polar surface area (TPSA) is 98.9 Å². The summed E-state index contributed by atoms with van der Waals surface area (Å²) < 4.78 is 43.0. The first-order valence-corrected chi connectivity index (χ1v) is 8.03. The molecule has 0 fully saturated rings. The smallest absolute Gasteiger partial charge is 0.256 e. The van der Waals surface area contributed by atoms with Crippen molar-refractivity contribution < 1.29 is 13.2 Å². The normalized spacial score (nSPS) is 11.8. The number of hydrogen-bond donors (Lipinski definition) is 2. The third-order valence-corrected chi connectivity index (χ3v) is 4.20. The fraction of sp³-hybridized carbons (Fsp3) is 0.250. The predicted molar refractivity (Wildman–Crippen MR) is 94.2 cm³/mol.